The van der Waals surface area contributed by atoms with Gasteiger partial charge in [0, 0.05) is 13.1 Å². The molecule has 21 heavy (non-hydrogen) atoms. The number of aryl methyl sites for hydroxylation is 2. The SMILES string of the molecule is CCc1nn(CC)c(CN2CCC(CCNC)CC2)c1Cl. The van der Waals surface area contributed by atoms with Crippen LogP contribution < -0.4 is 5.32 Å². The second-order valence-electron chi connectivity index (χ2n) is 5.99. The van der Waals surface area contributed by atoms with Gasteiger partial charge in [0.1, 0.15) is 0 Å². The standard InChI is InChI=1S/C16H29ClN4/c1-4-14-16(17)15(21(5-2)19-14)12-20-10-7-13(8-11-20)6-9-18-3/h13,18H,4-12H2,1-3H3. The van der Waals surface area contributed by atoms with E-state index in [1.54, 1.807) is 0 Å². The van der Waals surface area contributed by atoms with Crippen molar-refractivity contribution in [1.82, 2.24) is 20.0 Å². The van der Waals surface area contributed by atoms with E-state index in [2.05, 4.69) is 33.8 Å². The van der Waals surface area contributed by atoms with Crippen molar-refractivity contribution in [3.8, 4) is 0 Å². The highest BCUT2D eigenvalue weighted by atomic mass is 35.5. The van der Waals surface area contributed by atoms with E-state index in [1.807, 2.05) is 7.05 Å². The summed E-state index contributed by atoms with van der Waals surface area (Å²) in [7, 11) is 2.04. The van der Waals surface area contributed by atoms with Crippen LogP contribution in [-0.2, 0) is 19.5 Å². The van der Waals surface area contributed by atoms with Crippen LogP contribution in [0.5, 0.6) is 0 Å². The van der Waals surface area contributed by atoms with Crippen molar-refractivity contribution in [3.63, 3.8) is 0 Å². The van der Waals surface area contributed by atoms with Gasteiger partial charge >= 0.3 is 0 Å². The van der Waals surface area contributed by atoms with Crippen molar-refractivity contribution in [2.24, 2.45) is 5.92 Å². The average Bonchev–Trinajstić information content (AvgIpc) is 2.82. The number of halogens is 1. The van der Waals surface area contributed by atoms with Crippen molar-refractivity contribution < 1.29 is 0 Å². The van der Waals surface area contributed by atoms with Gasteiger partial charge in [-0.1, -0.05) is 18.5 Å². The molecular weight excluding hydrogens is 284 g/mol. The highest BCUT2D eigenvalue weighted by Gasteiger charge is 2.22. The van der Waals surface area contributed by atoms with Crippen molar-refractivity contribution in [2.75, 3.05) is 26.7 Å². The number of nitrogens with one attached hydrogen (secondary N) is 1. The highest BCUT2D eigenvalue weighted by Crippen LogP contribution is 2.26. The highest BCUT2D eigenvalue weighted by molar-refractivity contribution is 6.31. The Bertz CT molecular complexity index is 436. The summed E-state index contributed by atoms with van der Waals surface area (Å²) in [4.78, 5) is 2.53. The van der Waals surface area contributed by atoms with Gasteiger partial charge in [0.2, 0.25) is 0 Å². The van der Waals surface area contributed by atoms with Gasteiger partial charge in [0.15, 0.2) is 0 Å². The maximum absolute atomic E-state index is 6.51. The van der Waals surface area contributed by atoms with Crippen LogP contribution in [0, 0.1) is 5.92 Å². The van der Waals surface area contributed by atoms with Gasteiger partial charge in [0.25, 0.3) is 0 Å². The monoisotopic (exact) mass is 312 g/mol. The Labute approximate surface area is 133 Å². The maximum atomic E-state index is 6.51. The van der Waals surface area contributed by atoms with Gasteiger partial charge in [-0.05, 0) is 65.2 Å². The Morgan fingerprint density at radius 2 is 2.00 bits per heavy atom. The van der Waals surface area contributed by atoms with E-state index in [-0.39, 0.29) is 0 Å². The quantitative estimate of drug-likeness (QED) is 0.840. The molecular formula is C16H29ClN4. The molecule has 0 bridgehead atoms. The molecule has 0 saturated carbocycles. The second kappa shape index (κ2) is 8.16. The summed E-state index contributed by atoms with van der Waals surface area (Å²) >= 11 is 6.51. The number of rotatable bonds is 7. The van der Waals surface area contributed by atoms with Crippen molar-refractivity contribution in [3.05, 3.63) is 16.4 Å². The molecule has 2 heterocycles. The summed E-state index contributed by atoms with van der Waals surface area (Å²) < 4.78 is 2.08. The molecule has 120 valence electrons. The molecule has 0 unspecified atom stereocenters. The van der Waals surface area contributed by atoms with E-state index in [0.29, 0.717) is 0 Å². The predicted octanol–water partition coefficient (Wildman–Crippen LogP) is 2.94. The number of piperidine rings is 1. The zero-order chi connectivity index (χ0) is 15.2. The third-order valence-corrected chi connectivity index (χ3v) is 5.01. The van der Waals surface area contributed by atoms with E-state index in [4.69, 9.17) is 11.6 Å². The lowest BCUT2D eigenvalue weighted by Crippen LogP contribution is -2.34. The minimum atomic E-state index is 0.881. The zero-order valence-electron chi connectivity index (χ0n) is 13.7. The Morgan fingerprint density at radius 3 is 2.57 bits per heavy atom. The molecule has 2 rings (SSSR count). The molecule has 0 radical (unpaired) electrons. The molecule has 1 aliphatic heterocycles. The number of aromatic nitrogens is 2. The van der Waals surface area contributed by atoms with E-state index >= 15 is 0 Å². The van der Waals surface area contributed by atoms with Gasteiger partial charge in [-0.25, -0.2) is 0 Å². The number of likely N-dealkylation sites (tertiary alicyclic amines) is 1. The number of hydrogen-bond donors (Lipinski definition) is 1. The van der Waals surface area contributed by atoms with E-state index in [0.717, 1.165) is 42.7 Å². The van der Waals surface area contributed by atoms with Crippen molar-refractivity contribution >= 4 is 11.6 Å². The van der Waals surface area contributed by atoms with Gasteiger partial charge in [-0.2, -0.15) is 5.10 Å². The minimum absolute atomic E-state index is 0.881. The molecule has 1 fully saturated rings. The van der Waals surface area contributed by atoms with Crippen LogP contribution in [0.25, 0.3) is 0 Å². The summed E-state index contributed by atoms with van der Waals surface area (Å²) in [6.07, 6.45) is 4.82. The molecule has 1 saturated heterocycles. The lowest BCUT2D eigenvalue weighted by Gasteiger charge is -2.32. The largest absolute Gasteiger partial charge is 0.320 e. The van der Waals surface area contributed by atoms with Crippen LogP contribution in [-0.4, -0.2) is 41.4 Å². The summed E-state index contributed by atoms with van der Waals surface area (Å²) in [6, 6.07) is 0. The summed E-state index contributed by atoms with van der Waals surface area (Å²) in [5.74, 6) is 0.881. The van der Waals surface area contributed by atoms with Crippen LogP contribution in [0.1, 0.15) is 44.5 Å². The fraction of sp³-hybridized carbons (Fsp3) is 0.812. The van der Waals surface area contributed by atoms with Crippen molar-refractivity contribution in [2.45, 2.75) is 52.6 Å². The molecule has 0 aliphatic carbocycles. The van der Waals surface area contributed by atoms with Crippen LogP contribution in [0.2, 0.25) is 5.02 Å². The Balaban J connectivity index is 1.93. The fourth-order valence-electron chi connectivity index (χ4n) is 3.16. The van der Waals surface area contributed by atoms with E-state index in [9.17, 15) is 0 Å². The molecule has 5 heteroatoms. The molecule has 4 nitrogen and oxygen atoms in total. The topological polar surface area (TPSA) is 33.1 Å². The van der Waals surface area contributed by atoms with E-state index < -0.39 is 0 Å². The Hall–Kier alpha value is -0.580. The first kappa shape index (κ1) is 16.8. The molecule has 1 aromatic heterocycles. The number of hydrogen-bond acceptors (Lipinski definition) is 3. The molecule has 1 aliphatic rings. The smallest absolute Gasteiger partial charge is 0.0863 e. The number of nitrogens with zero attached hydrogens (tertiary/aromatic N) is 3. The fourth-order valence-corrected chi connectivity index (χ4v) is 3.49. The van der Waals surface area contributed by atoms with Gasteiger partial charge in [-0.3, -0.25) is 9.58 Å². The Morgan fingerprint density at radius 1 is 1.29 bits per heavy atom. The summed E-state index contributed by atoms with van der Waals surface area (Å²) in [5, 5.41) is 8.76. The third-order valence-electron chi connectivity index (χ3n) is 4.58. The van der Waals surface area contributed by atoms with Crippen LogP contribution in [0.3, 0.4) is 0 Å². The average molecular weight is 313 g/mol. The first-order valence-corrected chi connectivity index (χ1v) is 8.68. The Kier molecular flexibility index (Phi) is 6.52. The third kappa shape index (κ3) is 4.21. The summed E-state index contributed by atoms with van der Waals surface area (Å²) in [6.45, 7) is 9.59. The lowest BCUT2D eigenvalue weighted by molar-refractivity contribution is 0.168. The molecule has 0 aromatic carbocycles. The van der Waals surface area contributed by atoms with E-state index in [1.165, 1.54) is 38.0 Å². The predicted molar refractivity (Wildman–Crippen MR) is 88.8 cm³/mol. The molecule has 0 amide bonds. The first-order chi connectivity index (χ1) is 10.2. The second-order valence-corrected chi connectivity index (χ2v) is 6.37. The first-order valence-electron chi connectivity index (χ1n) is 8.30. The molecule has 0 spiro atoms. The molecule has 1 N–H and O–H groups in total. The molecule has 0 atom stereocenters. The van der Waals surface area contributed by atoms with Gasteiger partial charge in [0.05, 0.1) is 16.4 Å². The molecule has 1 aromatic rings. The van der Waals surface area contributed by atoms with Gasteiger partial charge < -0.3 is 5.32 Å². The van der Waals surface area contributed by atoms with Crippen LogP contribution in [0.15, 0.2) is 0 Å². The lowest BCUT2D eigenvalue weighted by atomic mass is 9.93. The van der Waals surface area contributed by atoms with Crippen molar-refractivity contribution in [1.29, 1.82) is 0 Å². The van der Waals surface area contributed by atoms with Crippen LogP contribution in [0.4, 0.5) is 0 Å². The van der Waals surface area contributed by atoms with Crippen LogP contribution >= 0.6 is 11.6 Å². The van der Waals surface area contributed by atoms with Gasteiger partial charge in [-0.15, -0.1) is 0 Å². The maximum Gasteiger partial charge on any atom is 0.0863 e. The zero-order valence-corrected chi connectivity index (χ0v) is 14.4. The summed E-state index contributed by atoms with van der Waals surface area (Å²) in [5.41, 5.74) is 2.24. The minimum Gasteiger partial charge on any atom is -0.320 e. The normalized spacial score (nSPS) is 17.5.